The summed E-state index contributed by atoms with van der Waals surface area (Å²) >= 11 is 0. The summed E-state index contributed by atoms with van der Waals surface area (Å²) in [6, 6.07) is 26.0. The van der Waals surface area contributed by atoms with E-state index in [1.54, 1.807) is 0 Å². The zero-order valence-corrected chi connectivity index (χ0v) is 17.8. The van der Waals surface area contributed by atoms with E-state index in [-0.39, 0.29) is 31.6 Å². The van der Waals surface area contributed by atoms with Crippen LogP contribution in [0.15, 0.2) is 78.9 Å². The lowest BCUT2D eigenvalue weighted by Crippen LogP contribution is -2.35. The molecule has 164 valence electrons. The third-order valence-corrected chi connectivity index (χ3v) is 5.43. The van der Waals surface area contributed by atoms with Crippen LogP contribution in [0.4, 0.5) is 4.79 Å². The van der Waals surface area contributed by atoms with Crippen molar-refractivity contribution in [2.75, 3.05) is 26.2 Å². The molecule has 0 radical (unpaired) electrons. The molecule has 0 fully saturated rings. The molecule has 1 aliphatic carbocycles. The first-order valence-electron chi connectivity index (χ1n) is 10.7. The average molecular weight is 431 g/mol. The van der Waals surface area contributed by atoms with Crippen LogP contribution in [0.1, 0.15) is 22.6 Å². The van der Waals surface area contributed by atoms with Crippen molar-refractivity contribution in [1.82, 2.24) is 10.6 Å². The molecule has 32 heavy (non-hydrogen) atoms. The number of carbonyl (C=O) groups is 2. The number of rotatable bonds is 9. The molecule has 0 saturated carbocycles. The molecule has 0 atom stereocenters. The van der Waals surface area contributed by atoms with Crippen molar-refractivity contribution in [3.63, 3.8) is 0 Å². The number of ether oxygens (including phenoxy) is 2. The SMILES string of the molecule is O=C(CNCCNC(=O)OCC1c2ccccc2-c2ccccc21)OCc1ccccc1. The molecule has 6 heteroatoms. The van der Waals surface area contributed by atoms with Gasteiger partial charge >= 0.3 is 12.1 Å². The number of hydrogen-bond donors (Lipinski definition) is 2. The van der Waals surface area contributed by atoms with Crippen LogP contribution in [0.2, 0.25) is 0 Å². The topological polar surface area (TPSA) is 76.7 Å². The maximum Gasteiger partial charge on any atom is 0.407 e. The first-order chi connectivity index (χ1) is 15.7. The van der Waals surface area contributed by atoms with E-state index in [0.717, 1.165) is 5.56 Å². The molecular weight excluding hydrogens is 404 g/mol. The van der Waals surface area contributed by atoms with E-state index in [9.17, 15) is 9.59 Å². The average Bonchev–Trinajstić information content (AvgIpc) is 3.15. The highest BCUT2D eigenvalue weighted by molar-refractivity contribution is 5.79. The number of nitrogens with one attached hydrogen (secondary N) is 2. The maximum atomic E-state index is 12.1. The van der Waals surface area contributed by atoms with Gasteiger partial charge in [-0.3, -0.25) is 4.79 Å². The number of fused-ring (bicyclic) bond motifs is 3. The fraction of sp³-hybridized carbons (Fsp3) is 0.231. The molecular formula is C26H26N2O4. The summed E-state index contributed by atoms with van der Waals surface area (Å²) in [5.41, 5.74) is 5.69. The molecule has 1 amide bonds. The van der Waals surface area contributed by atoms with Crippen LogP contribution in [0.25, 0.3) is 11.1 Å². The number of alkyl carbamates (subject to hydrolysis) is 1. The third-order valence-electron chi connectivity index (χ3n) is 5.43. The second-order valence-electron chi connectivity index (χ2n) is 7.58. The van der Waals surface area contributed by atoms with Crippen LogP contribution in [-0.2, 0) is 20.9 Å². The lowest BCUT2D eigenvalue weighted by atomic mass is 9.98. The van der Waals surface area contributed by atoms with Crippen LogP contribution in [0.5, 0.6) is 0 Å². The zero-order valence-electron chi connectivity index (χ0n) is 17.8. The molecule has 2 N–H and O–H groups in total. The smallest absolute Gasteiger partial charge is 0.407 e. The lowest BCUT2D eigenvalue weighted by molar-refractivity contribution is -0.143. The number of benzene rings is 3. The van der Waals surface area contributed by atoms with Crippen LogP contribution in [-0.4, -0.2) is 38.3 Å². The van der Waals surface area contributed by atoms with Gasteiger partial charge in [-0.05, 0) is 27.8 Å². The van der Waals surface area contributed by atoms with Gasteiger partial charge < -0.3 is 20.1 Å². The van der Waals surface area contributed by atoms with Gasteiger partial charge in [-0.25, -0.2) is 4.79 Å². The Hall–Kier alpha value is -3.64. The van der Waals surface area contributed by atoms with Gasteiger partial charge in [0, 0.05) is 19.0 Å². The number of amides is 1. The first kappa shape index (κ1) is 21.6. The Labute approximate surface area is 187 Å². The zero-order chi connectivity index (χ0) is 22.2. The molecule has 3 aromatic rings. The summed E-state index contributed by atoms with van der Waals surface area (Å²) < 4.78 is 10.7. The second-order valence-corrected chi connectivity index (χ2v) is 7.58. The Kier molecular flexibility index (Phi) is 7.15. The molecule has 1 aliphatic rings. The summed E-state index contributed by atoms with van der Waals surface area (Å²) in [6.45, 7) is 1.39. The van der Waals surface area contributed by atoms with Gasteiger partial charge in [0.1, 0.15) is 13.2 Å². The number of carbonyl (C=O) groups excluding carboxylic acids is 2. The lowest BCUT2D eigenvalue weighted by Gasteiger charge is -2.14. The molecule has 4 rings (SSSR count). The van der Waals surface area contributed by atoms with Gasteiger partial charge in [-0.2, -0.15) is 0 Å². The summed E-state index contributed by atoms with van der Waals surface area (Å²) in [6.07, 6.45) is -0.472. The van der Waals surface area contributed by atoms with E-state index in [2.05, 4.69) is 34.9 Å². The predicted octanol–water partition coefficient (Wildman–Crippen LogP) is 3.86. The monoisotopic (exact) mass is 430 g/mol. The van der Waals surface area contributed by atoms with Crippen LogP contribution in [0.3, 0.4) is 0 Å². The quantitative estimate of drug-likeness (QED) is 0.398. The standard InChI is InChI=1S/C26H26N2O4/c29-25(31-17-19-8-2-1-3-9-19)16-27-14-15-28-26(30)32-18-24-22-12-6-4-10-20(22)21-11-5-7-13-23(21)24/h1-13,24,27H,14-18H2,(H,28,30). The Morgan fingerprint density at radius 2 is 1.38 bits per heavy atom. The normalized spacial score (nSPS) is 12.0. The van der Waals surface area contributed by atoms with Crippen molar-refractivity contribution in [1.29, 1.82) is 0 Å². The minimum atomic E-state index is -0.472. The highest BCUT2D eigenvalue weighted by Crippen LogP contribution is 2.44. The molecule has 0 bridgehead atoms. The van der Waals surface area contributed by atoms with Crippen molar-refractivity contribution in [3.05, 3.63) is 95.6 Å². The summed E-state index contributed by atoms with van der Waals surface area (Å²) in [7, 11) is 0. The minimum absolute atomic E-state index is 0.0330. The van der Waals surface area contributed by atoms with E-state index < -0.39 is 6.09 Å². The molecule has 0 aliphatic heterocycles. The van der Waals surface area contributed by atoms with Crippen molar-refractivity contribution in [2.45, 2.75) is 12.5 Å². The Bertz CT molecular complexity index is 1020. The first-order valence-corrected chi connectivity index (χ1v) is 10.7. The van der Waals surface area contributed by atoms with E-state index >= 15 is 0 Å². The summed E-state index contributed by atoms with van der Waals surface area (Å²) in [4.78, 5) is 23.9. The van der Waals surface area contributed by atoms with E-state index in [0.29, 0.717) is 13.1 Å². The summed E-state index contributed by atoms with van der Waals surface area (Å²) in [5, 5.41) is 5.67. The van der Waals surface area contributed by atoms with Crippen molar-refractivity contribution in [2.24, 2.45) is 0 Å². The van der Waals surface area contributed by atoms with E-state index in [1.165, 1.54) is 22.3 Å². The van der Waals surface area contributed by atoms with Crippen molar-refractivity contribution in [3.8, 4) is 11.1 Å². The van der Waals surface area contributed by atoms with Crippen molar-refractivity contribution < 1.29 is 19.1 Å². The third kappa shape index (κ3) is 5.34. The van der Waals surface area contributed by atoms with Crippen LogP contribution in [0, 0.1) is 0 Å². The van der Waals surface area contributed by atoms with Gasteiger partial charge in [0.05, 0.1) is 6.54 Å². The van der Waals surface area contributed by atoms with Gasteiger partial charge in [0.2, 0.25) is 0 Å². The largest absolute Gasteiger partial charge is 0.460 e. The maximum absolute atomic E-state index is 12.1. The minimum Gasteiger partial charge on any atom is -0.460 e. The highest BCUT2D eigenvalue weighted by atomic mass is 16.5. The highest BCUT2D eigenvalue weighted by Gasteiger charge is 2.28. The van der Waals surface area contributed by atoms with E-state index in [1.807, 2.05) is 54.6 Å². The number of hydrogen-bond acceptors (Lipinski definition) is 5. The molecule has 0 heterocycles. The molecule has 0 spiro atoms. The van der Waals surface area contributed by atoms with Gasteiger partial charge in [-0.15, -0.1) is 0 Å². The Morgan fingerprint density at radius 1 is 0.750 bits per heavy atom. The predicted molar refractivity (Wildman–Crippen MR) is 122 cm³/mol. The van der Waals surface area contributed by atoms with Crippen LogP contribution < -0.4 is 10.6 Å². The fourth-order valence-electron chi connectivity index (χ4n) is 3.88. The van der Waals surface area contributed by atoms with E-state index in [4.69, 9.17) is 9.47 Å². The number of esters is 1. The van der Waals surface area contributed by atoms with Crippen molar-refractivity contribution >= 4 is 12.1 Å². The molecule has 0 unspecified atom stereocenters. The van der Waals surface area contributed by atoms with Crippen LogP contribution >= 0.6 is 0 Å². The molecule has 6 nitrogen and oxygen atoms in total. The summed E-state index contributed by atoms with van der Waals surface area (Å²) in [5.74, 6) is -0.305. The fourth-order valence-corrected chi connectivity index (χ4v) is 3.88. The second kappa shape index (κ2) is 10.6. The van der Waals surface area contributed by atoms with Gasteiger partial charge in [0.15, 0.2) is 0 Å². The van der Waals surface area contributed by atoms with Gasteiger partial charge in [-0.1, -0.05) is 78.9 Å². The van der Waals surface area contributed by atoms with Gasteiger partial charge in [0.25, 0.3) is 0 Å². The molecule has 0 saturated heterocycles. The Balaban J connectivity index is 1.15. The molecule has 3 aromatic carbocycles. The molecule has 0 aromatic heterocycles. The Morgan fingerprint density at radius 3 is 2.06 bits per heavy atom.